The van der Waals surface area contributed by atoms with Crippen molar-refractivity contribution in [3.63, 3.8) is 0 Å². The minimum atomic E-state index is -3.60. The van der Waals surface area contributed by atoms with Crippen LogP contribution in [-0.2, 0) is 14.8 Å². The first-order valence-electron chi connectivity index (χ1n) is 8.06. The Hall–Kier alpha value is -1.77. The molecule has 0 aliphatic carbocycles. The van der Waals surface area contributed by atoms with Crippen molar-refractivity contribution in [1.82, 2.24) is 5.32 Å². The van der Waals surface area contributed by atoms with Crippen molar-refractivity contribution >= 4 is 49.1 Å². The summed E-state index contributed by atoms with van der Waals surface area (Å²) < 4.78 is 31.4. The van der Waals surface area contributed by atoms with Crippen molar-refractivity contribution in [2.45, 2.75) is 6.92 Å². The van der Waals surface area contributed by atoms with E-state index in [0.29, 0.717) is 16.5 Å². The van der Waals surface area contributed by atoms with Crippen LogP contribution in [0.5, 0.6) is 5.75 Å². The molecule has 0 fully saturated rings. The highest BCUT2D eigenvalue weighted by molar-refractivity contribution is 9.10. The average Bonchev–Trinajstić information content (AvgIpc) is 2.59. The van der Waals surface area contributed by atoms with Gasteiger partial charge in [-0.1, -0.05) is 33.6 Å². The topological polar surface area (TPSA) is 75.7 Å². The number of sulfonamides is 1. The smallest absolute Gasteiger partial charge is 0.240 e. The van der Waals surface area contributed by atoms with Gasteiger partial charge in [-0.05, 0) is 48.9 Å². The third kappa shape index (κ3) is 6.71. The molecule has 0 aliphatic rings. The molecule has 1 N–H and O–H groups in total. The minimum absolute atomic E-state index is 0.238. The second kappa shape index (κ2) is 9.43. The molecule has 6 nitrogen and oxygen atoms in total. The van der Waals surface area contributed by atoms with Crippen molar-refractivity contribution in [2.24, 2.45) is 0 Å². The summed E-state index contributed by atoms with van der Waals surface area (Å²) in [6, 6.07) is 12.0. The zero-order valence-electron chi connectivity index (χ0n) is 14.9. The maximum absolute atomic E-state index is 12.1. The molecular formula is C18H20BrClN2O4S. The third-order valence-electron chi connectivity index (χ3n) is 3.64. The first kappa shape index (κ1) is 21.5. The van der Waals surface area contributed by atoms with Gasteiger partial charge in [0.2, 0.25) is 15.9 Å². The Morgan fingerprint density at radius 1 is 1.22 bits per heavy atom. The van der Waals surface area contributed by atoms with Crippen molar-refractivity contribution in [1.29, 1.82) is 0 Å². The second-order valence-corrected chi connectivity index (χ2v) is 9.09. The summed E-state index contributed by atoms with van der Waals surface area (Å²) in [7, 11) is -3.60. The average molecular weight is 476 g/mol. The maximum atomic E-state index is 12.1. The molecule has 27 heavy (non-hydrogen) atoms. The first-order valence-corrected chi connectivity index (χ1v) is 11.1. The molecule has 146 valence electrons. The summed E-state index contributed by atoms with van der Waals surface area (Å²) in [4.78, 5) is 12.1. The van der Waals surface area contributed by atoms with Gasteiger partial charge in [-0.3, -0.25) is 9.10 Å². The lowest BCUT2D eigenvalue weighted by Crippen LogP contribution is -2.41. The predicted molar refractivity (Wildman–Crippen MR) is 111 cm³/mol. The largest absolute Gasteiger partial charge is 0.492 e. The van der Waals surface area contributed by atoms with Crippen LogP contribution in [0.2, 0.25) is 5.02 Å². The van der Waals surface area contributed by atoms with Crippen LogP contribution < -0.4 is 14.4 Å². The molecule has 2 aromatic carbocycles. The monoisotopic (exact) mass is 474 g/mol. The number of anilines is 1. The summed E-state index contributed by atoms with van der Waals surface area (Å²) >= 11 is 9.33. The molecule has 0 unspecified atom stereocenters. The molecule has 0 spiro atoms. The third-order valence-corrected chi connectivity index (χ3v) is 5.71. The van der Waals surface area contributed by atoms with Crippen LogP contribution in [0.3, 0.4) is 0 Å². The Labute approximate surface area is 172 Å². The summed E-state index contributed by atoms with van der Waals surface area (Å²) in [5, 5.41) is 3.26. The Balaban J connectivity index is 1.88. The molecule has 0 saturated heterocycles. The first-order chi connectivity index (χ1) is 12.7. The SMILES string of the molecule is Cc1ccc(OCCNC(=O)CN(c2ccc(Br)cc2)S(C)(=O)=O)cc1Cl. The normalized spacial score (nSPS) is 11.1. The van der Waals surface area contributed by atoms with Gasteiger partial charge in [0.15, 0.2) is 0 Å². The Bertz CT molecular complexity index is 904. The van der Waals surface area contributed by atoms with Gasteiger partial charge in [0.25, 0.3) is 0 Å². The lowest BCUT2D eigenvalue weighted by atomic mass is 10.2. The van der Waals surface area contributed by atoms with E-state index in [2.05, 4.69) is 21.2 Å². The number of nitrogens with zero attached hydrogens (tertiary/aromatic N) is 1. The number of ether oxygens (including phenoxy) is 1. The molecule has 9 heteroatoms. The molecule has 0 heterocycles. The van der Waals surface area contributed by atoms with Gasteiger partial charge in [-0.2, -0.15) is 0 Å². The van der Waals surface area contributed by atoms with Crippen molar-refractivity contribution in [2.75, 3.05) is 30.3 Å². The quantitative estimate of drug-likeness (QED) is 0.594. The number of hydrogen-bond acceptors (Lipinski definition) is 4. The van der Waals surface area contributed by atoms with E-state index in [1.54, 1.807) is 36.4 Å². The lowest BCUT2D eigenvalue weighted by molar-refractivity contribution is -0.119. The summed E-state index contributed by atoms with van der Waals surface area (Å²) in [6.45, 7) is 2.06. The number of hydrogen-bond donors (Lipinski definition) is 1. The van der Waals surface area contributed by atoms with E-state index >= 15 is 0 Å². The van der Waals surface area contributed by atoms with Gasteiger partial charge < -0.3 is 10.1 Å². The molecule has 0 aliphatic heterocycles. The van der Waals surface area contributed by atoms with Crippen LogP contribution in [0.15, 0.2) is 46.9 Å². The van der Waals surface area contributed by atoms with Crippen LogP contribution in [0, 0.1) is 6.92 Å². The van der Waals surface area contributed by atoms with Crippen LogP contribution in [0.25, 0.3) is 0 Å². The zero-order valence-corrected chi connectivity index (χ0v) is 18.1. The Morgan fingerprint density at radius 2 is 1.89 bits per heavy atom. The fourth-order valence-electron chi connectivity index (χ4n) is 2.22. The number of benzene rings is 2. The number of rotatable bonds is 8. The number of carbonyl (C=O) groups is 1. The van der Waals surface area contributed by atoms with Crippen molar-refractivity contribution in [3.8, 4) is 5.75 Å². The van der Waals surface area contributed by atoms with Crippen LogP contribution in [0.1, 0.15) is 5.56 Å². The molecular weight excluding hydrogens is 456 g/mol. The summed E-state index contributed by atoms with van der Waals surface area (Å²) in [5.74, 6) is 0.182. The number of amides is 1. The predicted octanol–water partition coefficient (Wildman–Crippen LogP) is 3.37. The molecule has 1 amide bonds. The van der Waals surface area contributed by atoms with Crippen LogP contribution >= 0.6 is 27.5 Å². The number of aryl methyl sites for hydroxylation is 1. The Morgan fingerprint density at radius 3 is 2.48 bits per heavy atom. The minimum Gasteiger partial charge on any atom is -0.492 e. The van der Waals surface area contributed by atoms with Crippen LogP contribution in [0.4, 0.5) is 5.69 Å². The van der Waals surface area contributed by atoms with Crippen molar-refractivity contribution in [3.05, 3.63) is 57.5 Å². The fraction of sp³-hybridized carbons (Fsp3) is 0.278. The number of halogens is 2. The molecule has 2 rings (SSSR count). The highest BCUT2D eigenvalue weighted by Gasteiger charge is 2.20. The number of nitrogens with one attached hydrogen (secondary N) is 1. The van der Waals surface area contributed by atoms with Gasteiger partial charge in [-0.25, -0.2) is 8.42 Å². The van der Waals surface area contributed by atoms with Crippen molar-refractivity contribution < 1.29 is 17.9 Å². The van der Waals surface area contributed by atoms with Gasteiger partial charge in [0.1, 0.15) is 18.9 Å². The summed E-state index contributed by atoms with van der Waals surface area (Å²) in [5.41, 5.74) is 1.37. The van der Waals surface area contributed by atoms with Gasteiger partial charge in [0.05, 0.1) is 18.5 Å². The molecule has 0 atom stereocenters. The van der Waals surface area contributed by atoms with E-state index in [4.69, 9.17) is 16.3 Å². The lowest BCUT2D eigenvalue weighted by Gasteiger charge is -2.22. The number of carbonyl (C=O) groups excluding carboxylic acids is 1. The van der Waals surface area contributed by atoms with E-state index in [0.717, 1.165) is 20.6 Å². The molecule has 2 aromatic rings. The highest BCUT2D eigenvalue weighted by Crippen LogP contribution is 2.22. The van der Waals surface area contributed by atoms with Gasteiger partial charge >= 0.3 is 0 Å². The van der Waals surface area contributed by atoms with Gasteiger partial charge in [0, 0.05) is 9.50 Å². The maximum Gasteiger partial charge on any atom is 0.240 e. The van der Waals surface area contributed by atoms with E-state index in [9.17, 15) is 13.2 Å². The van der Waals surface area contributed by atoms with E-state index in [-0.39, 0.29) is 19.7 Å². The van der Waals surface area contributed by atoms with E-state index < -0.39 is 15.9 Å². The Kier molecular flexibility index (Phi) is 7.52. The molecule has 0 aromatic heterocycles. The molecule has 0 saturated carbocycles. The second-order valence-electron chi connectivity index (χ2n) is 5.86. The standard InChI is InChI=1S/C18H20BrClN2O4S/c1-13-3-8-16(11-17(13)20)26-10-9-21-18(23)12-22(27(2,24)25)15-6-4-14(19)5-7-15/h3-8,11H,9-10,12H2,1-2H3,(H,21,23). The zero-order chi connectivity index (χ0) is 20.0. The van der Waals surface area contributed by atoms with E-state index in [1.807, 2.05) is 13.0 Å². The fourth-order valence-corrected chi connectivity index (χ4v) is 3.51. The molecule has 0 radical (unpaired) electrons. The molecule has 0 bridgehead atoms. The highest BCUT2D eigenvalue weighted by atomic mass is 79.9. The summed E-state index contributed by atoms with van der Waals surface area (Å²) in [6.07, 6.45) is 1.06. The van der Waals surface area contributed by atoms with Crippen LogP contribution in [-0.4, -0.2) is 40.3 Å². The van der Waals surface area contributed by atoms with E-state index in [1.165, 1.54) is 0 Å². The van der Waals surface area contributed by atoms with Gasteiger partial charge in [-0.15, -0.1) is 0 Å².